The Hall–Kier alpha value is 4.29. The molecule has 0 amide bonds. The van der Waals surface area contributed by atoms with Gasteiger partial charge in [-0.2, -0.15) is 0 Å². The van der Waals surface area contributed by atoms with Gasteiger partial charge in [-0.25, -0.2) is 0 Å². The maximum absolute atomic E-state index is 4.64. The Balaban J connectivity index is -0.000000000833. The first-order valence-electron chi connectivity index (χ1n) is 0.378. The number of hydrogen-bond donors (Lipinski definition) is 0. The average Bonchev–Trinajstić information content (AvgIpc) is 1.00. The molecular weight excluding hydrogens is 139 g/mol. The second-order valence-corrected chi connectivity index (χ2v) is 0. The molecule has 22 valence electrons. The Labute approximate surface area is 133 Å². The molecule has 0 atom stereocenters. The molecule has 0 spiro atoms. The van der Waals surface area contributed by atoms with Crippen molar-refractivity contribution in [2.45, 2.75) is 0 Å². The van der Waals surface area contributed by atoms with Crippen LogP contribution in [0, 0.1) is 0 Å². The quantitative estimate of drug-likeness (QED) is 0.281. The molecule has 0 aliphatic rings. The standard InChI is InChI=1S/CH3Cl.4Na.4H/c1-2;;;;;;;;/h1H3;;;;;;;;. The van der Waals surface area contributed by atoms with Crippen molar-refractivity contribution >= 4 is 130 Å². The molecule has 0 nitrogen and oxygen atoms in total. The van der Waals surface area contributed by atoms with Crippen LogP contribution < -0.4 is 0 Å². The van der Waals surface area contributed by atoms with Crippen LogP contribution in [0.1, 0.15) is 0 Å². The van der Waals surface area contributed by atoms with Crippen molar-refractivity contribution in [2.75, 3.05) is 6.38 Å². The molecule has 0 bridgehead atoms. The number of hydrogen-bond acceptors (Lipinski definition) is 0. The average molecular weight is 146 g/mol. The van der Waals surface area contributed by atoms with Gasteiger partial charge in [0.25, 0.3) is 0 Å². The van der Waals surface area contributed by atoms with Crippen LogP contribution in [0.2, 0.25) is 0 Å². The van der Waals surface area contributed by atoms with Gasteiger partial charge >= 0.3 is 118 Å². The summed E-state index contributed by atoms with van der Waals surface area (Å²) in [6.07, 6.45) is 1.47. The van der Waals surface area contributed by atoms with Crippen molar-refractivity contribution in [1.82, 2.24) is 0 Å². The van der Waals surface area contributed by atoms with Crippen molar-refractivity contribution in [3.05, 3.63) is 0 Å². The Morgan fingerprint density at radius 2 is 0.667 bits per heavy atom. The summed E-state index contributed by atoms with van der Waals surface area (Å²) >= 11 is 4.64. The third-order valence-electron chi connectivity index (χ3n) is 0. The molecular formula is CH7ClNa4. The molecule has 0 heterocycles. The van der Waals surface area contributed by atoms with E-state index in [0.717, 1.165) is 0 Å². The molecule has 0 aliphatic heterocycles. The van der Waals surface area contributed by atoms with Crippen molar-refractivity contribution in [3.63, 3.8) is 0 Å². The SMILES string of the molecule is CCl.[NaH].[NaH].[NaH].[NaH]. The van der Waals surface area contributed by atoms with Crippen LogP contribution in [0.25, 0.3) is 0 Å². The third-order valence-corrected chi connectivity index (χ3v) is 0. The second-order valence-electron chi connectivity index (χ2n) is 0. The normalized spacial score (nSPS) is 1.00. The molecule has 0 saturated heterocycles. The van der Waals surface area contributed by atoms with E-state index >= 15 is 0 Å². The molecule has 0 rings (SSSR count). The van der Waals surface area contributed by atoms with Gasteiger partial charge in [-0.3, -0.25) is 0 Å². The van der Waals surface area contributed by atoms with Crippen molar-refractivity contribution in [3.8, 4) is 0 Å². The van der Waals surface area contributed by atoms with Crippen LogP contribution in [0.15, 0.2) is 0 Å². The van der Waals surface area contributed by atoms with E-state index < -0.39 is 0 Å². The molecule has 0 aromatic heterocycles. The Morgan fingerprint density at radius 3 is 0.667 bits per heavy atom. The van der Waals surface area contributed by atoms with E-state index in [1.807, 2.05) is 0 Å². The molecule has 0 aromatic rings. The van der Waals surface area contributed by atoms with E-state index in [-0.39, 0.29) is 118 Å². The first-order valence-corrected chi connectivity index (χ1v) is 1.13. The number of alkyl halides is 1. The number of halogens is 1. The number of rotatable bonds is 0. The van der Waals surface area contributed by atoms with Gasteiger partial charge < -0.3 is 0 Å². The fraction of sp³-hybridized carbons (Fsp3) is 1.00. The van der Waals surface area contributed by atoms with E-state index in [1.54, 1.807) is 0 Å². The molecule has 0 fully saturated rings. The molecule has 0 aromatic carbocycles. The van der Waals surface area contributed by atoms with Crippen LogP contribution in [0.3, 0.4) is 0 Å². The van der Waals surface area contributed by atoms with Gasteiger partial charge in [-0.05, 0) is 0 Å². The zero-order chi connectivity index (χ0) is 2.00. The van der Waals surface area contributed by atoms with Crippen LogP contribution in [-0.4, -0.2) is 125 Å². The molecule has 0 aliphatic carbocycles. The van der Waals surface area contributed by atoms with Gasteiger partial charge in [0, 0.05) is 6.38 Å². The maximum atomic E-state index is 4.64. The van der Waals surface area contributed by atoms with Crippen LogP contribution in [-0.2, 0) is 0 Å². The zero-order valence-electron chi connectivity index (χ0n) is 1.38. The van der Waals surface area contributed by atoms with Gasteiger partial charge in [-0.15, -0.1) is 11.6 Å². The molecule has 0 radical (unpaired) electrons. The second kappa shape index (κ2) is 34.7. The minimum atomic E-state index is 0. The van der Waals surface area contributed by atoms with Gasteiger partial charge in [-0.1, -0.05) is 0 Å². The van der Waals surface area contributed by atoms with E-state index in [9.17, 15) is 0 Å². The first kappa shape index (κ1) is 31.7. The zero-order valence-corrected chi connectivity index (χ0v) is 2.13. The van der Waals surface area contributed by atoms with Crippen molar-refractivity contribution < 1.29 is 0 Å². The molecule has 0 saturated carbocycles. The monoisotopic (exact) mass is 146 g/mol. The van der Waals surface area contributed by atoms with E-state index in [1.165, 1.54) is 6.38 Å². The van der Waals surface area contributed by atoms with Crippen LogP contribution in [0.5, 0.6) is 0 Å². The van der Waals surface area contributed by atoms with Crippen molar-refractivity contribution in [2.24, 2.45) is 0 Å². The van der Waals surface area contributed by atoms with E-state index in [4.69, 9.17) is 0 Å². The topological polar surface area (TPSA) is 0 Å². The molecule has 0 unspecified atom stereocenters. The Kier molecular flexibility index (Phi) is 183. The predicted molar refractivity (Wildman–Crippen MR) is 40.4 cm³/mol. The van der Waals surface area contributed by atoms with Gasteiger partial charge in [0.15, 0.2) is 0 Å². The van der Waals surface area contributed by atoms with Crippen molar-refractivity contribution in [1.29, 1.82) is 0 Å². The Morgan fingerprint density at radius 1 is 0.667 bits per heavy atom. The summed E-state index contributed by atoms with van der Waals surface area (Å²) in [5, 5.41) is 0. The first-order chi connectivity index (χ1) is 1.00. The summed E-state index contributed by atoms with van der Waals surface area (Å²) in [4.78, 5) is 0. The minimum absolute atomic E-state index is 0. The fourth-order valence-electron chi connectivity index (χ4n) is 0. The van der Waals surface area contributed by atoms with Gasteiger partial charge in [0.05, 0.1) is 0 Å². The summed E-state index contributed by atoms with van der Waals surface area (Å²) < 4.78 is 0. The van der Waals surface area contributed by atoms with E-state index in [0.29, 0.717) is 0 Å². The fourth-order valence-corrected chi connectivity index (χ4v) is 0. The van der Waals surface area contributed by atoms with Crippen LogP contribution in [0.4, 0.5) is 0 Å². The van der Waals surface area contributed by atoms with E-state index in [2.05, 4.69) is 11.6 Å². The Bertz CT molecular complexity index is 7.51. The predicted octanol–water partition coefficient (Wildman–Crippen LogP) is -1.74. The molecule has 0 N–H and O–H groups in total. The van der Waals surface area contributed by atoms with Gasteiger partial charge in [0.2, 0.25) is 0 Å². The summed E-state index contributed by atoms with van der Waals surface area (Å²) in [6, 6.07) is 0. The summed E-state index contributed by atoms with van der Waals surface area (Å²) in [5.74, 6) is 0. The summed E-state index contributed by atoms with van der Waals surface area (Å²) in [7, 11) is 0. The van der Waals surface area contributed by atoms with Gasteiger partial charge in [0.1, 0.15) is 0 Å². The summed E-state index contributed by atoms with van der Waals surface area (Å²) in [5.41, 5.74) is 0. The van der Waals surface area contributed by atoms with Crippen LogP contribution >= 0.6 is 11.6 Å². The third kappa shape index (κ3) is 23.9. The summed E-state index contributed by atoms with van der Waals surface area (Å²) in [6.45, 7) is 0. The molecule has 5 heteroatoms. The molecule has 6 heavy (non-hydrogen) atoms.